The van der Waals surface area contributed by atoms with Gasteiger partial charge in [-0.3, -0.25) is 14.5 Å². The fourth-order valence-corrected chi connectivity index (χ4v) is 4.90. The predicted molar refractivity (Wildman–Crippen MR) is 82.6 cm³/mol. The topological polar surface area (TPSA) is 66.8 Å². The van der Waals surface area contributed by atoms with Crippen LogP contribution in [0.4, 0.5) is 0 Å². The van der Waals surface area contributed by atoms with E-state index in [0.29, 0.717) is 12.5 Å². The van der Waals surface area contributed by atoms with Crippen LogP contribution in [0.25, 0.3) is 0 Å². The zero-order valence-electron chi connectivity index (χ0n) is 13.0. The Labute approximate surface area is 135 Å². The van der Waals surface area contributed by atoms with Crippen molar-refractivity contribution in [3.8, 4) is 0 Å². The minimum Gasteiger partial charge on any atom is -0.481 e. The van der Waals surface area contributed by atoms with Crippen LogP contribution in [0.15, 0.2) is 30.3 Å². The van der Waals surface area contributed by atoms with Gasteiger partial charge in [0.25, 0.3) is 0 Å². The molecule has 1 N–H and O–H groups in total. The van der Waals surface area contributed by atoms with Crippen molar-refractivity contribution >= 4 is 11.9 Å². The van der Waals surface area contributed by atoms with Gasteiger partial charge in [0.15, 0.2) is 0 Å². The molecule has 1 unspecified atom stereocenters. The minimum atomic E-state index is -0.778. The molecule has 1 aromatic carbocycles. The summed E-state index contributed by atoms with van der Waals surface area (Å²) in [5.41, 5.74) is 0.251. The minimum absolute atomic E-state index is 0.00396. The summed E-state index contributed by atoms with van der Waals surface area (Å²) in [6, 6.07) is 9.97. The maximum atomic E-state index is 12.9. The summed E-state index contributed by atoms with van der Waals surface area (Å²) < 4.78 is 5.60. The number of carbonyl (C=O) groups excluding carboxylic acids is 1. The average molecular weight is 315 g/mol. The van der Waals surface area contributed by atoms with Crippen LogP contribution < -0.4 is 0 Å². The van der Waals surface area contributed by atoms with Crippen molar-refractivity contribution in [1.29, 1.82) is 0 Å². The molecule has 5 nitrogen and oxygen atoms in total. The summed E-state index contributed by atoms with van der Waals surface area (Å²) in [6.45, 7) is 0.252. The average Bonchev–Trinajstić information content (AvgIpc) is 3.21. The molecule has 5 heteroatoms. The number of hydrogen-bond acceptors (Lipinski definition) is 4. The van der Waals surface area contributed by atoms with Crippen molar-refractivity contribution in [2.45, 2.75) is 56.3 Å². The number of benzene rings is 1. The number of aliphatic carboxylic acids is 1. The van der Waals surface area contributed by atoms with E-state index < -0.39 is 17.4 Å². The maximum absolute atomic E-state index is 12.9. The van der Waals surface area contributed by atoms with Gasteiger partial charge in [0.05, 0.1) is 5.92 Å². The van der Waals surface area contributed by atoms with Crippen molar-refractivity contribution in [3.05, 3.63) is 35.9 Å². The van der Waals surface area contributed by atoms with Crippen LogP contribution in [0.3, 0.4) is 0 Å². The maximum Gasteiger partial charge on any atom is 0.326 e. The third kappa shape index (κ3) is 2.17. The number of carboxylic acids is 1. The molecule has 4 rings (SSSR count). The predicted octanol–water partition coefficient (Wildman–Crippen LogP) is 2.20. The lowest BCUT2D eigenvalue weighted by Crippen LogP contribution is -2.49. The quantitative estimate of drug-likeness (QED) is 0.863. The molecule has 0 amide bonds. The number of nitrogens with zero attached hydrogens (tertiary/aromatic N) is 1. The van der Waals surface area contributed by atoms with Crippen molar-refractivity contribution in [2.75, 3.05) is 0 Å². The van der Waals surface area contributed by atoms with Gasteiger partial charge in [0.2, 0.25) is 0 Å². The van der Waals surface area contributed by atoms with Crippen molar-refractivity contribution in [2.24, 2.45) is 5.92 Å². The van der Waals surface area contributed by atoms with Gasteiger partial charge in [0, 0.05) is 12.1 Å². The summed E-state index contributed by atoms with van der Waals surface area (Å²) in [4.78, 5) is 26.6. The molecule has 3 aliphatic heterocycles. The molecule has 3 saturated heterocycles. The smallest absolute Gasteiger partial charge is 0.326 e. The molecular formula is C18H21NO4. The van der Waals surface area contributed by atoms with E-state index in [4.69, 9.17) is 4.74 Å². The number of carboxylic acid groups (broad SMARTS) is 1. The standard InChI is InChI=1S/C18H21NO4/c20-16(21)14-10-18(9-8-13-6-7-15(14)19(13)18)17(22)23-11-12-4-2-1-3-5-12/h1-5,13-15H,6-11H2,(H,20,21)/t13-,14?,15+,18-/m0/s1. The van der Waals surface area contributed by atoms with E-state index in [2.05, 4.69) is 4.90 Å². The molecule has 3 aliphatic rings. The third-order valence-electron chi connectivity index (χ3n) is 5.86. The summed E-state index contributed by atoms with van der Waals surface area (Å²) in [7, 11) is 0. The Morgan fingerprint density at radius 3 is 2.74 bits per heavy atom. The first-order valence-electron chi connectivity index (χ1n) is 8.34. The lowest BCUT2D eigenvalue weighted by Gasteiger charge is -2.32. The van der Waals surface area contributed by atoms with Gasteiger partial charge in [-0.15, -0.1) is 0 Å². The van der Waals surface area contributed by atoms with Gasteiger partial charge in [-0.05, 0) is 37.7 Å². The van der Waals surface area contributed by atoms with Crippen LogP contribution in [-0.4, -0.2) is 39.6 Å². The summed E-state index contributed by atoms with van der Waals surface area (Å²) in [5.74, 6) is -1.45. The second-order valence-corrected chi connectivity index (χ2v) is 6.99. The molecule has 23 heavy (non-hydrogen) atoms. The number of rotatable bonds is 4. The SMILES string of the molecule is O=C(O)C1C[C@]2(C(=O)OCc3ccccc3)CC[C@@H]3CC[C@H]1N32. The van der Waals surface area contributed by atoms with Crippen molar-refractivity contribution < 1.29 is 19.4 Å². The first-order chi connectivity index (χ1) is 11.1. The Bertz CT molecular complexity index is 631. The van der Waals surface area contributed by atoms with Gasteiger partial charge in [-0.25, -0.2) is 0 Å². The van der Waals surface area contributed by atoms with Gasteiger partial charge in [-0.2, -0.15) is 0 Å². The first kappa shape index (κ1) is 14.7. The fraction of sp³-hybridized carbons (Fsp3) is 0.556. The Morgan fingerprint density at radius 1 is 1.22 bits per heavy atom. The molecule has 3 heterocycles. The van der Waals surface area contributed by atoms with E-state index in [1.165, 1.54) is 0 Å². The summed E-state index contributed by atoms with van der Waals surface area (Å²) >= 11 is 0. The van der Waals surface area contributed by atoms with Crippen LogP contribution in [-0.2, 0) is 20.9 Å². The second-order valence-electron chi connectivity index (χ2n) is 6.99. The van der Waals surface area contributed by atoms with Crippen LogP contribution in [0.5, 0.6) is 0 Å². The Morgan fingerprint density at radius 2 is 2.00 bits per heavy atom. The fourth-order valence-electron chi connectivity index (χ4n) is 4.90. The van der Waals surface area contributed by atoms with E-state index in [1.54, 1.807) is 0 Å². The van der Waals surface area contributed by atoms with Gasteiger partial charge in [0.1, 0.15) is 12.1 Å². The molecule has 0 aliphatic carbocycles. The molecule has 1 aromatic rings. The molecule has 0 aromatic heterocycles. The largest absolute Gasteiger partial charge is 0.481 e. The van der Waals surface area contributed by atoms with Crippen molar-refractivity contribution in [3.63, 3.8) is 0 Å². The van der Waals surface area contributed by atoms with Crippen LogP contribution in [0.1, 0.15) is 37.7 Å². The molecule has 0 saturated carbocycles. The number of esters is 1. The molecule has 0 bridgehead atoms. The highest BCUT2D eigenvalue weighted by Gasteiger charge is 2.65. The Balaban J connectivity index is 1.54. The molecule has 3 fully saturated rings. The Kier molecular flexibility index (Phi) is 3.41. The highest BCUT2D eigenvalue weighted by Crippen LogP contribution is 2.54. The molecule has 0 radical (unpaired) electrons. The van der Waals surface area contributed by atoms with Gasteiger partial charge in [-0.1, -0.05) is 30.3 Å². The highest BCUT2D eigenvalue weighted by atomic mass is 16.5. The zero-order valence-corrected chi connectivity index (χ0v) is 13.0. The lowest BCUT2D eigenvalue weighted by atomic mass is 9.88. The second kappa shape index (κ2) is 5.34. The van der Waals surface area contributed by atoms with Crippen LogP contribution >= 0.6 is 0 Å². The monoisotopic (exact) mass is 315 g/mol. The summed E-state index contributed by atoms with van der Waals surface area (Å²) in [5, 5.41) is 9.51. The molecule has 4 atom stereocenters. The lowest BCUT2D eigenvalue weighted by molar-refractivity contribution is -0.157. The first-order valence-corrected chi connectivity index (χ1v) is 8.34. The van der Waals surface area contributed by atoms with E-state index in [-0.39, 0.29) is 18.6 Å². The van der Waals surface area contributed by atoms with Crippen LogP contribution in [0, 0.1) is 5.92 Å². The van der Waals surface area contributed by atoms with E-state index in [1.807, 2.05) is 30.3 Å². The Hall–Kier alpha value is -1.88. The van der Waals surface area contributed by atoms with E-state index >= 15 is 0 Å². The highest BCUT2D eigenvalue weighted by molar-refractivity contribution is 5.84. The van der Waals surface area contributed by atoms with Gasteiger partial charge < -0.3 is 9.84 Å². The number of hydrogen-bond donors (Lipinski definition) is 1. The van der Waals surface area contributed by atoms with Crippen molar-refractivity contribution in [1.82, 2.24) is 4.90 Å². The van der Waals surface area contributed by atoms with Crippen LogP contribution in [0.2, 0.25) is 0 Å². The third-order valence-corrected chi connectivity index (χ3v) is 5.86. The zero-order chi connectivity index (χ0) is 16.0. The molecule has 122 valence electrons. The summed E-state index contributed by atoms with van der Waals surface area (Å²) in [6.07, 6.45) is 3.99. The van der Waals surface area contributed by atoms with Gasteiger partial charge >= 0.3 is 11.9 Å². The molecule has 0 spiro atoms. The van der Waals surface area contributed by atoms with E-state index in [9.17, 15) is 14.7 Å². The normalized spacial score (nSPS) is 35.2. The van der Waals surface area contributed by atoms with E-state index in [0.717, 1.165) is 31.2 Å². The number of carbonyl (C=O) groups is 2. The molecular weight excluding hydrogens is 294 g/mol. The number of ether oxygens (including phenoxy) is 1.